The van der Waals surface area contributed by atoms with Crippen LogP contribution in [0.25, 0.3) is 0 Å². The molecule has 1 amide bonds. The molecule has 1 aromatic rings. The van der Waals surface area contributed by atoms with Gasteiger partial charge in [-0.1, -0.05) is 6.92 Å². The van der Waals surface area contributed by atoms with Crippen molar-refractivity contribution < 1.29 is 9.53 Å². The first-order valence-electron chi connectivity index (χ1n) is 6.73. The predicted octanol–water partition coefficient (Wildman–Crippen LogP) is 0.275. The number of likely N-dealkylation sites (tertiary alicyclic amines) is 1. The van der Waals surface area contributed by atoms with E-state index in [0.717, 1.165) is 12.8 Å². The van der Waals surface area contributed by atoms with Crippen LogP contribution in [0.2, 0.25) is 0 Å². The van der Waals surface area contributed by atoms with Crippen molar-refractivity contribution >= 4 is 17.8 Å². The number of nitrogens with zero attached hydrogens (tertiary/aromatic N) is 4. The summed E-state index contributed by atoms with van der Waals surface area (Å²) in [5.74, 6) is 0.662. The first-order chi connectivity index (χ1) is 9.58. The molecule has 1 aliphatic heterocycles. The molecule has 20 heavy (non-hydrogen) atoms. The van der Waals surface area contributed by atoms with Crippen LogP contribution in [0.5, 0.6) is 6.01 Å². The summed E-state index contributed by atoms with van der Waals surface area (Å²) in [5.41, 5.74) is 5.64. The minimum Gasteiger partial charge on any atom is -0.463 e. The standard InChI is InChI=1S/C12H20N6O2/c1-3-6-20-12-16-10(13)15-11(17-12)14-8-4-5-9(19)18(2)7-8/h8H,3-7H2,1-2H3,(H3,13,14,15,16,17). The van der Waals surface area contributed by atoms with Gasteiger partial charge in [0.15, 0.2) is 0 Å². The third kappa shape index (κ3) is 3.69. The Bertz CT molecular complexity index is 481. The van der Waals surface area contributed by atoms with Gasteiger partial charge in [-0.3, -0.25) is 4.79 Å². The Morgan fingerprint density at radius 2 is 2.25 bits per heavy atom. The molecule has 0 spiro atoms. The van der Waals surface area contributed by atoms with Gasteiger partial charge in [0.25, 0.3) is 0 Å². The Kier molecular flexibility index (Phi) is 4.54. The van der Waals surface area contributed by atoms with Gasteiger partial charge in [0, 0.05) is 26.1 Å². The van der Waals surface area contributed by atoms with Gasteiger partial charge < -0.3 is 20.7 Å². The van der Waals surface area contributed by atoms with E-state index in [4.69, 9.17) is 10.5 Å². The molecular weight excluding hydrogens is 260 g/mol. The molecule has 1 aromatic heterocycles. The molecule has 2 rings (SSSR count). The zero-order valence-corrected chi connectivity index (χ0v) is 11.8. The van der Waals surface area contributed by atoms with E-state index < -0.39 is 0 Å². The normalized spacial score (nSPS) is 19.0. The maximum atomic E-state index is 11.4. The Hall–Kier alpha value is -2.12. The second-order valence-corrected chi connectivity index (χ2v) is 4.80. The summed E-state index contributed by atoms with van der Waals surface area (Å²) in [4.78, 5) is 25.3. The van der Waals surface area contributed by atoms with Gasteiger partial charge in [-0.2, -0.15) is 15.0 Å². The number of ether oxygens (including phenoxy) is 1. The van der Waals surface area contributed by atoms with Crippen molar-refractivity contribution in [1.82, 2.24) is 19.9 Å². The van der Waals surface area contributed by atoms with Crippen molar-refractivity contribution in [2.24, 2.45) is 0 Å². The number of carbonyl (C=O) groups excluding carboxylic acids is 1. The number of nitrogens with one attached hydrogen (secondary N) is 1. The molecule has 1 unspecified atom stereocenters. The topological polar surface area (TPSA) is 106 Å². The summed E-state index contributed by atoms with van der Waals surface area (Å²) < 4.78 is 5.36. The number of hydrogen-bond acceptors (Lipinski definition) is 7. The molecule has 0 bridgehead atoms. The first-order valence-corrected chi connectivity index (χ1v) is 6.73. The highest BCUT2D eigenvalue weighted by Gasteiger charge is 2.23. The van der Waals surface area contributed by atoms with Crippen LogP contribution >= 0.6 is 0 Å². The van der Waals surface area contributed by atoms with Crippen molar-refractivity contribution in [3.05, 3.63) is 0 Å². The second kappa shape index (κ2) is 6.36. The fourth-order valence-corrected chi connectivity index (χ4v) is 2.01. The molecule has 0 aromatic carbocycles. The first kappa shape index (κ1) is 14.3. The number of nitrogens with two attached hydrogens (primary N) is 1. The number of carbonyl (C=O) groups is 1. The van der Waals surface area contributed by atoms with E-state index in [1.54, 1.807) is 11.9 Å². The maximum absolute atomic E-state index is 11.4. The highest BCUT2D eigenvalue weighted by atomic mass is 16.5. The summed E-state index contributed by atoms with van der Waals surface area (Å²) in [5, 5.41) is 3.17. The van der Waals surface area contributed by atoms with Crippen LogP contribution in [0.15, 0.2) is 0 Å². The van der Waals surface area contributed by atoms with E-state index in [1.165, 1.54) is 0 Å². The third-order valence-corrected chi connectivity index (χ3v) is 3.03. The lowest BCUT2D eigenvalue weighted by Gasteiger charge is -2.30. The second-order valence-electron chi connectivity index (χ2n) is 4.80. The van der Waals surface area contributed by atoms with Gasteiger partial charge in [-0.25, -0.2) is 0 Å². The van der Waals surface area contributed by atoms with Gasteiger partial charge in [0.1, 0.15) is 0 Å². The van der Waals surface area contributed by atoms with Gasteiger partial charge in [0.2, 0.25) is 17.8 Å². The number of likely N-dealkylation sites (N-methyl/N-ethyl adjacent to an activating group) is 1. The van der Waals surface area contributed by atoms with Crippen LogP contribution in [0.3, 0.4) is 0 Å². The quantitative estimate of drug-likeness (QED) is 0.797. The van der Waals surface area contributed by atoms with Crippen molar-refractivity contribution in [3.8, 4) is 6.01 Å². The Labute approximate surface area is 117 Å². The molecule has 8 nitrogen and oxygen atoms in total. The number of aromatic nitrogens is 3. The van der Waals surface area contributed by atoms with Crippen molar-refractivity contribution in [2.45, 2.75) is 32.2 Å². The van der Waals surface area contributed by atoms with Crippen LogP contribution in [0.4, 0.5) is 11.9 Å². The SMILES string of the molecule is CCCOc1nc(N)nc(NC2CCC(=O)N(C)C2)n1. The molecule has 1 aliphatic rings. The van der Waals surface area contributed by atoms with Crippen molar-refractivity contribution in [1.29, 1.82) is 0 Å². The predicted molar refractivity (Wildman–Crippen MR) is 74.3 cm³/mol. The highest BCUT2D eigenvalue weighted by Crippen LogP contribution is 2.15. The molecule has 8 heteroatoms. The van der Waals surface area contributed by atoms with Gasteiger partial charge in [-0.15, -0.1) is 0 Å². The summed E-state index contributed by atoms with van der Waals surface area (Å²) >= 11 is 0. The van der Waals surface area contributed by atoms with Crippen LogP contribution in [-0.2, 0) is 4.79 Å². The van der Waals surface area contributed by atoms with Crippen LogP contribution in [0.1, 0.15) is 26.2 Å². The summed E-state index contributed by atoms with van der Waals surface area (Å²) in [6.07, 6.45) is 2.14. The lowest BCUT2D eigenvalue weighted by Crippen LogP contribution is -2.43. The molecule has 1 fully saturated rings. The van der Waals surface area contributed by atoms with E-state index in [0.29, 0.717) is 25.5 Å². The average molecular weight is 280 g/mol. The number of anilines is 2. The number of hydrogen-bond donors (Lipinski definition) is 2. The number of amides is 1. The lowest BCUT2D eigenvalue weighted by atomic mass is 10.1. The molecule has 0 aliphatic carbocycles. The minimum absolute atomic E-state index is 0.110. The van der Waals surface area contributed by atoms with E-state index in [1.807, 2.05) is 6.92 Å². The van der Waals surface area contributed by atoms with E-state index >= 15 is 0 Å². The fraction of sp³-hybridized carbons (Fsp3) is 0.667. The van der Waals surface area contributed by atoms with E-state index in [9.17, 15) is 4.79 Å². The molecule has 0 radical (unpaired) electrons. The third-order valence-electron chi connectivity index (χ3n) is 3.03. The zero-order chi connectivity index (χ0) is 14.5. The Morgan fingerprint density at radius 3 is 2.95 bits per heavy atom. The Balaban J connectivity index is 2.01. The largest absolute Gasteiger partial charge is 0.463 e. The number of nitrogen functional groups attached to an aromatic ring is 1. The molecule has 0 saturated carbocycles. The maximum Gasteiger partial charge on any atom is 0.323 e. The van der Waals surface area contributed by atoms with E-state index in [2.05, 4.69) is 20.3 Å². The number of piperidine rings is 1. The van der Waals surface area contributed by atoms with Gasteiger partial charge in [0.05, 0.1) is 6.61 Å². The monoisotopic (exact) mass is 280 g/mol. The molecule has 110 valence electrons. The van der Waals surface area contributed by atoms with Crippen LogP contribution in [-0.4, -0.2) is 52.0 Å². The van der Waals surface area contributed by atoms with Crippen LogP contribution < -0.4 is 15.8 Å². The molecule has 3 N–H and O–H groups in total. The smallest absolute Gasteiger partial charge is 0.323 e. The molecular formula is C12H20N6O2. The van der Waals surface area contributed by atoms with Crippen LogP contribution in [0, 0.1) is 0 Å². The average Bonchev–Trinajstić information content (AvgIpc) is 2.40. The fourth-order valence-electron chi connectivity index (χ4n) is 2.01. The lowest BCUT2D eigenvalue weighted by molar-refractivity contribution is -0.132. The summed E-state index contributed by atoms with van der Waals surface area (Å²) in [7, 11) is 1.79. The summed E-state index contributed by atoms with van der Waals surface area (Å²) in [6, 6.07) is 0.334. The summed E-state index contributed by atoms with van der Waals surface area (Å²) in [6.45, 7) is 3.15. The van der Waals surface area contributed by atoms with E-state index in [-0.39, 0.29) is 23.9 Å². The Morgan fingerprint density at radius 1 is 1.45 bits per heavy atom. The molecule has 2 heterocycles. The van der Waals surface area contributed by atoms with Crippen molar-refractivity contribution in [2.75, 3.05) is 31.2 Å². The zero-order valence-electron chi connectivity index (χ0n) is 11.8. The van der Waals surface area contributed by atoms with Gasteiger partial charge in [-0.05, 0) is 12.8 Å². The molecule has 1 saturated heterocycles. The highest BCUT2D eigenvalue weighted by molar-refractivity contribution is 5.76. The minimum atomic E-state index is 0.110. The molecule has 1 atom stereocenters. The van der Waals surface area contributed by atoms with Crippen molar-refractivity contribution in [3.63, 3.8) is 0 Å². The number of rotatable bonds is 5. The van der Waals surface area contributed by atoms with Gasteiger partial charge >= 0.3 is 6.01 Å².